The molecule has 3 saturated carbocycles. The van der Waals surface area contributed by atoms with Gasteiger partial charge in [0.05, 0.1) is 29.5 Å². The lowest BCUT2D eigenvalue weighted by molar-refractivity contribution is -0.296. The Bertz CT molecular complexity index is 2420. The lowest BCUT2D eigenvalue weighted by atomic mass is 9.41. The third-order valence-corrected chi connectivity index (χ3v) is 14.5. The van der Waals surface area contributed by atoms with E-state index >= 15 is 4.79 Å². The summed E-state index contributed by atoms with van der Waals surface area (Å²) in [6.45, 7) is 7.75. The molecule has 5 N–H and O–H groups in total. The third kappa shape index (κ3) is 8.19. The van der Waals surface area contributed by atoms with Crippen molar-refractivity contribution in [1.82, 2.24) is 5.32 Å². The number of fused-ring (bicyclic) bond motifs is 5. The maximum absolute atomic E-state index is 15.6. The van der Waals surface area contributed by atoms with Gasteiger partial charge in [0.1, 0.15) is 29.5 Å². The van der Waals surface area contributed by atoms with Gasteiger partial charge in [-0.25, -0.2) is 9.59 Å². The molecule has 16 nitrogen and oxygen atoms in total. The van der Waals surface area contributed by atoms with E-state index in [1.54, 1.807) is 92.7 Å². The smallest absolute Gasteiger partial charge is 0.350 e. The minimum absolute atomic E-state index is 0.00773. The van der Waals surface area contributed by atoms with Crippen LogP contribution in [0.5, 0.6) is 0 Å². The standard InChI is InChI=1S/C50H56N2O14/c1-27-34(63-46(60)40(64-36(56)26-51)38(30-16-10-7-11-17-30)52-44(58)31-18-12-8-13-19-31)25-50(61)43(65-45(59)32-20-14-9-15-21-32)41-48(6,35(55)24-33-22-23-49(33,41)66-29(3)54)42(57)39(62-28(2)53)37(27)47(50,4)5/h7-21,33-35,38-41,43,55,61H,22-26,51H2,1-6H3,(H,52,58)/t33-,34+,35+,38+,39-,40-,41+,43+,48-,49+,50-/m1/s1. The molecule has 7 rings (SSSR count). The van der Waals surface area contributed by atoms with E-state index in [4.69, 9.17) is 29.4 Å². The molecule has 3 aromatic rings. The highest BCUT2D eigenvalue weighted by Crippen LogP contribution is 2.67. The van der Waals surface area contributed by atoms with Crippen LogP contribution in [0.4, 0.5) is 0 Å². The zero-order valence-corrected chi connectivity index (χ0v) is 37.7. The van der Waals surface area contributed by atoms with Gasteiger partial charge in [0.15, 0.2) is 11.9 Å². The van der Waals surface area contributed by atoms with E-state index in [-0.39, 0.29) is 35.1 Å². The number of nitrogens with two attached hydrogens (primary N) is 1. The van der Waals surface area contributed by atoms with Gasteiger partial charge in [-0.05, 0) is 74.1 Å². The second kappa shape index (κ2) is 18.2. The maximum Gasteiger partial charge on any atom is 0.350 e. The number of ketones is 1. The Hall–Kier alpha value is -6.23. The highest BCUT2D eigenvalue weighted by atomic mass is 16.6. The van der Waals surface area contributed by atoms with E-state index in [1.807, 2.05) is 0 Å². The number of aliphatic hydroxyl groups excluding tert-OH is 1. The van der Waals surface area contributed by atoms with Gasteiger partial charge in [0, 0.05) is 37.2 Å². The van der Waals surface area contributed by atoms with Crippen LogP contribution in [-0.2, 0) is 47.7 Å². The number of Topliss-reactive ketones (excluding diaryl/α,β-unsaturated/α-hetero) is 1. The van der Waals surface area contributed by atoms with Crippen molar-refractivity contribution < 1.29 is 67.5 Å². The lowest BCUT2D eigenvalue weighted by Crippen LogP contribution is -2.78. The summed E-state index contributed by atoms with van der Waals surface area (Å²) < 4.78 is 30.6. The molecule has 0 radical (unpaired) electrons. The van der Waals surface area contributed by atoms with Gasteiger partial charge in [0.2, 0.25) is 6.10 Å². The van der Waals surface area contributed by atoms with Gasteiger partial charge in [-0.3, -0.25) is 24.0 Å². The molecule has 1 amide bonds. The number of nitrogens with one attached hydrogen (secondary N) is 1. The highest BCUT2D eigenvalue weighted by molar-refractivity contribution is 5.96. The SMILES string of the molecule is CC(=O)O[C@H]1C(=O)[C@@]2(C)[C@H]([C@H](OC(=O)c3ccccc3)[C@]3(O)C[C@H](OC(=O)[C@H](OC(=O)CN)[C@@H](NC(=O)c4ccccc4)c4ccccc4)C(C)=C1C3(C)C)[C@]1(OC(C)=O)CC[C@@H]1C[C@@H]2O. The summed E-state index contributed by atoms with van der Waals surface area (Å²) in [7, 11) is 0. The fraction of sp³-hybridized carbons (Fsp3) is 0.460. The molecule has 0 spiro atoms. The Balaban J connectivity index is 1.42. The van der Waals surface area contributed by atoms with Crippen molar-refractivity contribution in [3.8, 4) is 0 Å². The predicted octanol–water partition coefficient (Wildman–Crippen LogP) is 4.26. The topological polar surface area (TPSA) is 244 Å². The number of esters is 5. The zero-order valence-electron chi connectivity index (χ0n) is 37.7. The first-order valence-electron chi connectivity index (χ1n) is 22.0. The van der Waals surface area contributed by atoms with Crippen LogP contribution in [0.2, 0.25) is 0 Å². The Morgan fingerprint density at radius 2 is 1.42 bits per heavy atom. The lowest BCUT2D eigenvalue weighted by Gasteiger charge is -2.68. The summed E-state index contributed by atoms with van der Waals surface area (Å²) in [4.78, 5) is 98.0. The van der Waals surface area contributed by atoms with Crippen LogP contribution in [-0.4, -0.2) is 100 Å². The van der Waals surface area contributed by atoms with Crippen molar-refractivity contribution in [3.05, 3.63) is 119 Å². The summed E-state index contributed by atoms with van der Waals surface area (Å²) in [6.07, 6.45) is -8.47. The molecule has 3 aromatic carbocycles. The molecule has 16 heteroatoms. The minimum atomic E-state index is -2.39. The highest BCUT2D eigenvalue weighted by Gasteiger charge is 2.77. The van der Waals surface area contributed by atoms with Crippen molar-refractivity contribution in [3.63, 3.8) is 0 Å². The first kappa shape index (κ1) is 47.7. The van der Waals surface area contributed by atoms with Crippen LogP contribution in [0.1, 0.15) is 99.5 Å². The average molecular weight is 909 g/mol. The molecular weight excluding hydrogens is 853 g/mol. The van der Waals surface area contributed by atoms with Crippen molar-refractivity contribution in [2.24, 2.45) is 28.4 Å². The van der Waals surface area contributed by atoms with Crippen LogP contribution < -0.4 is 11.1 Å². The molecule has 4 aliphatic rings. The number of rotatable bonds is 12. The van der Waals surface area contributed by atoms with E-state index in [2.05, 4.69) is 5.32 Å². The van der Waals surface area contributed by atoms with Gasteiger partial charge in [-0.2, -0.15) is 0 Å². The van der Waals surface area contributed by atoms with Gasteiger partial charge >= 0.3 is 29.8 Å². The fourth-order valence-electron chi connectivity index (χ4n) is 11.0. The summed E-state index contributed by atoms with van der Waals surface area (Å²) in [5, 5.41) is 28.9. The summed E-state index contributed by atoms with van der Waals surface area (Å²) in [6, 6.07) is 22.9. The van der Waals surface area contributed by atoms with E-state index in [0.717, 1.165) is 6.92 Å². The van der Waals surface area contributed by atoms with Gasteiger partial charge < -0.3 is 44.9 Å². The van der Waals surface area contributed by atoms with Crippen molar-refractivity contribution in [2.75, 3.05) is 6.54 Å². The number of carbonyl (C=O) groups is 7. The Labute approximate surface area is 382 Å². The number of aliphatic hydroxyl groups is 2. The number of ether oxygens (including phenoxy) is 5. The van der Waals surface area contributed by atoms with Crippen LogP contribution in [0.3, 0.4) is 0 Å². The minimum Gasteiger partial charge on any atom is -0.458 e. The molecule has 350 valence electrons. The Morgan fingerprint density at radius 1 is 0.833 bits per heavy atom. The van der Waals surface area contributed by atoms with Crippen LogP contribution in [0.25, 0.3) is 0 Å². The molecule has 0 unspecified atom stereocenters. The van der Waals surface area contributed by atoms with Gasteiger partial charge in [-0.1, -0.05) is 80.6 Å². The van der Waals surface area contributed by atoms with Crippen molar-refractivity contribution in [1.29, 1.82) is 0 Å². The average Bonchev–Trinajstić information content (AvgIpc) is 3.28. The van der Waals surface area contributed by atoms with Crippen LogP contribution in [0.15, 0.2) is 102 Å². The molecule has 0 saturated heterocycles. The van der Waals surface area contributed by atoms with E-state index in [9.17, 15) is 39.0 Å². The number of benzene rings is 3. The molecule has 4 aliphatic carbocycles. The first-order chi connectivity index (χ1) is 31.2. The number of amides is 1. The summed E-state index contributed by atoms with van der Waals surface area (Å²) in [5.41, 5.74) is -1.18. The van der Waals surface area contributed by atoms with Crippen molar-refractivity contribution in [2.45, 2.75) is 115 Å². The molecular formula is C50H56N2O14. The van der Waals surface area contributed by atoms with Crippen molar-refractivity contribution >= 4 is 41.5 Å². The predicted molar refractivity (Wildman–Crippen MR) is 234 cm³/mol. The molecule has 3 fully saturated rings. The monoisotopic (exact) mass is 908 g/mol. The molecule has 11 atom stereocenters. The molecule has 2 bridgehead atoms. The zero-order chi connectivity index (χ0) is 47.9. The number of hydrogen-bond donors (Lipinski definition) is 4. The maximum atomic E-state index is 15.6. The molecule has 66 heavy (non-hydrogen) atoms. The second-order valence-electron chi connectivity index (χ2n) is 18.5. The molecule has 0 aliphatic heterocycles. The van der Waals surface area contributed by atoms with E-state index in [1.165, 1.54) is 32.9 Å². The first-order valence-corrected chi connectivity index (χ1v) is 22.0. The largest absolute Gasteiger partial charge is 0.458 e. The summed E-state index contributed by atoms with van der Waals surface area (Å²) >= 11 is 0. The number of hydrogen-bond acceptors (Lipinski definition) is 15. The van der Waals surface area contributed by atoms with Gasteiger partial charge in [-0.15, -0.1) is 0 Å². The quantitative estimate of drug-likeness (QED) is 0.113. The Morgan fingerprint density at radius 3 is 1.97 bits per heavy atom. The number of carbonyl (C=O) groups excluding carboxylic acids is 7. The molecule has 0 aromatic heterocycles. The fourth-order valence-corrected chi connectivity index (χ4v) is 11.0. The second-order valence-corrected chi connectivity index (χ2v) is 18.5. The summed E-state index contributed by atoms with van der Waals surface area (Å²) in [5.74, 6) is -8.23. The van der Waals surface area contributed by atoms with E-state index in [0.29, 0.717) is 12.0 Å². The molecule has 0 heterocycles. The van der Waals surface area contributed by atoms with Crippen LogP contribution >= 0.6 is 0 Å². The van der Waals surface area contributed by atoms with E-state index < -0.39 is 125 Å². The van der Waals surface area contributed by atoms with Crippen LogP contribution in [0, 0.1) is 22.7 Å². The van der Waals surface area contributed by atoms with Gasteiger partial charge in [0.25, 0.3) is 5.91 Å². The normalized spacial score (nSPS) is 30.5. The Kier molecular flexibility index (Phi) is 13.2. The third-order valence-electron chi connectivity index (χ3n) is 14.5.